The van der Waals surface area contributed by atoms with Gasteiger partial charge in [-0.05, 0) is 30.3 Å². The van der Waals surface area contributed by atoms with Gasteiger partial charge in [-0.15, -0.1) is 0 Å². The van der Waals surface area contributed by atoms with Gasteiger partial charge in [-0.1, -0.05) is 51.1 Å². The molecular weight excluding hydrogens is 268 g/mol. The predicted octanol–water partition coefficient (Wildman–Crippen LogP) is 5.11. The van der Waals surface area contributed by atoms with Crippen LogP contribution in [0.4, 0.5) is 0 Å². The normalized spacial score (nSPS) is 11.4. The lowest BCUT2D eigenvalue weighted by molar-refractivity contribution is 0.570. The molecule has 0 saturated heterocycles. The topological polar surface area (TPSA) is 25.8 Å². The molecule has 0 aliphatic rings. The third kappa shape index (κ3) is 3.06. The molecule has 3 aromatic rings. The van der Waals surface area contributed by atoms with Crippen LogP contribution < -0.4 is 0 Å². The Hall–Kier alpha value is -2.48. The Morgan fingerprint density at radius 3 is 2.09 bits per heavy atom. The number of aromatic nitrogens is 2. The van der Waals surface area contributed by atoms with Crippen LogP contribution in [0.3, 0.4) is 0 Å². The molecule has 0 aliphatic carbocycles. The van der Waals surface area contributed by atoms with E-state index in [1.54, 1.807) is 0 Å². The minimum Gasteiger partial charge on any atom is -0.256 e. The van der Waals surface area contributed by atoms with E-state index in [2.05, 4.69) is 68.2 Å². The van der Waals surface area contributed by atoms with E-state index in [9.17, 15) is 0 Å². The maximum atomic E-state index is 4.83. The van der Waals surface area contributed by atoms with E-state index in [0.717, 1.165) is 28.2 Å². The smallest absolute Gasteiger partial charge is 0.0705 e. The molecule has 2 nitrogen and oxygen atoms in total. The molecule has 0 N–H and O–H groups in total. The SMILES string of the molecule is CC(C)(C)c1cccc(-c2cccc(-c3ccccn3)c2)n1. The van der Waals surface area contributed by atoms with Gasteiger partial charge in [0, 0.05) is 28.4 Å². The summed E-state index contributed by atoms with van der Waals surface area (Å²) < 4.78 is 0. The molecule has 0 aliphatic heterocycles. The van der Waals surface area contributed by atoms with Crippen molar-refractivity contribution in [3.8, 4) is 22.5 Å². The van der Waals surface area contributed by atoms with Gasteiger partial charge >= 0.3 is 0 Å². The maximum Gasteiger partial charge on any atom is 0.0705 e. The van der Waals surface area contributed by atoms with E-state index in [1.807, 2.05) is 24.4 Å². The van der Waals surface area contributed by atoms with Crippen molar-refractivity contribution in [2.75, 3.05) is 0 Å². The molecule has 3 rings (SSSR count). The number of hydrogen-bond acceptors (Lipinski definition) is 2. The van der Waals surface area contributed by atoms with Crippen LogP contribution in [0.1, 0.15) is 26.5 Å². The van der Waals surface area contributed by atoms with Gasteiger partial charge in [0.25, 0.3) is 0 Å². The Labute approximate surface area is 131 Å². The van der Waals surface area contributed by atoms with Crippen molar-refractivity contribution in [1.82, 2.24) is 9.97 Å². The molecule has 0 saturated carbocycles. The third-order valence-corrected chi connectivity index (χ3v) is 3.64. The Morgan fingerprint density at radius 1 is 0.727 bits per heavy atom. The lowest BCUT2D eigenvalue weighted by Crippen LogP contribution is -2.13. The minimum absolute atomic E-state index is 0.0502. The first kappa shape index (κ1) is 14.5. The molecule has 1 aromatic carbocycles. The summed E-state index contributed by atoms with van der Waals surface area (Å²) in [4.78, 5) is 9.25. The van der Waals surface area contributed by atoms with Crippen molar-refractivity contribution < 1.29 is 0 Å². The zero-order valence-electron chi connectivity index (χ0n) is 13.2. The molecule has 0 bridgehead atoms. The first-order valence-corrected chi connectivity index (χ1v) is 7.53. The second-order valence-electron chi connectivity index (χ2n) is 6.45. The van der Waals surface area contributed by atoms with Crippen molar-refractivity contribution in [2.45, 2.75) is 26.2 Å². The molecule has 22 heavy (non-hydrogen) atoms. The highest BCUT2D eigenvalue weighted by molar-refractivity contribution is 5.69. The molecular formula is C20H20N2. The van der Waals surface area contributed by atoms with Crippen molar-refractivity contribution in [3.63, 3.8) is 0 Å². The summed E-state index contributed by atoms with van der Waals surface area (Å²) in [6, 6.07) is 20.6. The van der Waals surface area contributed by atoms with Crippen LogP contribution in [-0.4, -0.2) is 9.97 Å². The van der Waals surface area contributed by atoms with Crippen LogP contribution in [0, 0.1) is 0 Å². The van der Waals surface area contributed by atoms with E-state index >= 15 is 0 Å². The van der Waals surface area contributed by atoms with Gasteiger partial charge in [0.15, 0.2) is 0 Å². The van der Waals surface area contributed by atoms with E-state index in [0.29, 0.717) is 0 Å². The molecule has 110 valence electrons. The van der Waals surface area contributed by atoms with Crippen LogP contribution in [0.2, 0.25) is 0 Å². The van der Waals surface area contributed by atoms with Gasteiger partial charge in [-0.25, -0.2) is 0 Å². The van der Waals surface area contributed by atoms with Crippen molar-refractivity contribution in [2.24, 2.45) is 0 Å². The lowest BCUT2D eigenvalue weighted by atomic mass is 9.91. The van der Waals surface area contributed by atoms with Crippen molar-refractivity contribution >= 4 is 0 Å². The maximum absolute atomic E-state index is 4.83. The van der Waals surface area contributed by atoms with Crippen molar-refractivity contribution in [3.05, 3.63) is 72.6 Å². The van der Waals surface area contributed by atoms with Gasteiger partial charge in [0.05, 0.1) is 11.4 Å². The average molecular weight is 288 g/mol. The highest BCUT2D eigenvalue weighted by atomic mass is 14.7. The van der Waals surface area contributed by atoms with Crippen LogP contribution >= 0.6 is 0 Å². The van der Waals surface area contributed by atoms with E-state index in [-0.39, 0.29) is 5.41 Å². The summed E-state index contributed by atoms with van der Waals surface area (Å²) in [6.45, 7) is 6.55. The Balaban J connectivity index is 2.03. The summed E-state index contributed by atoms with van der Waals surface area (Å²) in [5, 5.41) is 0. The average Bonchev–Trinajstić information content (AvgIpc) is 2.55. The quantitative estimate of drug-likeness (QED) is 0.655. The van der Waals surface area contributed by atoms with Crippen LogP contribution in [0.25, 0.3) is 22.5 Å². The number of hydrogen-bond donors (Lipinski definition) is 0. The number of pyridine rings is 2. The van der Waals surface area contributed by atoms with Gasteiger partial charge < -0.3 is 0 Å². The number of rotatable bonds is 2. The largest absolute Gasteiger partial charge is 0.256 e. The second kappa shape index (κ2) is 5.72. The highest BCUT2D eigenvalue weighted by Gasteiger charge is 2.15. The summed E-state index contributed by atoms with van der Waals surface area (Å²) in [6.07, 6.45) is 1.82. The van der Waals surface area contributed by atoms with E-state index in [4.69, 9.17) is 4.98 Å². The zero-order valence-corrected chi connectivity index (χ0v) is 13.2. The monoisotopic (exact) mass is 288 g/mol. The highest BCUT2D eigenvalue weighted by Crippen LogP contribution is 2.26. The number of benzene rings is 1. The van der Waals surface area contributed by atoms with Crippen LogP contribution in [-0.2, 0) is 5.41 Å². The molecule has 2 heterocycles. The summed E-state index contributed by atoms with van der Waals surface area (Å²) in [5.41, 5.74) is 5.37. The van der Waals surface area contributed by atoms with Crippen molar-refractivity contribution in [1.29, 1.82) is 0 Å². The first-order valence-electron chi connectivity index (χ1n) is 7.53. The Kier molecular flexibility index (Phi) is 3.76. The summed E-state index contributed by atoms with van der Waals surface area (Å²) in [5.74, 6) is 0. The van der Waals surface area contributed by atoms with Crippen LogP contribution in [0.5, 0.6) is 0 Å². The first-order chi connectivity index (χ1) is 10.5. The predicted molar refractivity (Wildman–Crippen MR) is 91.6 cm³/mol. The molecule has 2 aromatic heterocycles. The molecule has 0 radical (unpaired) electrons. The second-order valence-corrected chi connectivity index (χ2v) is 6.45. The summed E-state index contributed by atoms with van der Waals surface area (Å²) in [7, 11) is 0. The fourth-order valence-corrected chi connectivity index (χ4v) is 2.38. The van der Waals surface area contributed by atoms with Gasteiger partial charge in [0.1, 0.15) is 0 Å². The molecule has 0 atom stereocenters. The molecule has 0 spiro atoms. The standard InChI is InChI=1S/C20H20N2/c1-20(2,3)19-12-7-11-18(22-19)16-9-6-8-15(14-16)17-10-4-5-13-21-17/h4-14H,1-3H3. The Morgan fingerprint density at radius 2 is 1.41 bits per heavy atom. The minimum atomic E-state index is 0.0502. The summed E-state index contributed by atoms with van der Waals surface area (Å²) >= 11 is 0. The zero-order chi connectivity index (χ0) is 15.6. The molecule has 0 amide bonds. The Bertz CT molecular complexity index is 771. The molecule has 0 fully saturated rings. The van der Waals surface area contributed by atoms with E-state index in [1.165, 1.54) is 0 Å². The fraction of sp³-hybridized carbons (Fsp3) is 0.200. The van der Waals surface area contributed by atoms with E-state index < -0.39 is 0 Å². The lowest BCUT2D eigenvalue weighted by Gasteiger charge is -2.18. The van der Waals surface area contributed by atoms with Gasteiger partial charge in [-0.3, -0.25) is 9.97 Å². The third-order valence-electron chi connectivity index (χ3n) is 3.64. The fourth-order valence-electron chi connectivity index (χ4n) is 2.38. The van der Waals surface area contributed by atoms with Crippen LogP contribution in [0.15, 0.2) is 66.9 Å². The van der Waals surface area contributed by atoms with Gasteiger partial charge in [-0.2, -0.15) is 0 Å². The number of nitrogens with zero attached hydrogens (tertiary/aromatic N) is 2. The molecule has 2 heteroatoms. The molecule has 0 unspecified atom stereocenters. The van der Waals surface area contributed by atoms with Gasteiger partial charge in [0.2, 0.25) is 0 Å².